The fourth-order valence-electron chi connectivity index (χ4n) is 6.76. The Morgan fingerprint density at radius 2 is 1.95 bits per heavy atom. The van der Waals surface area contributed by atoms with Gasteiger partial charge in [0.15, 0.2) is 5.78 Å². The van der Waals surface area contributed by atoms with Crippen molar-refractivity contribution < 1.29 is 19.1 Å². The lowest BCUT2D eigenvalue weighted by atomic mass is 9.81. The summed E-state index contributed by atoms with van der Waals surface area (Å²) in [5, 5.41) is 3.81. The summed E-state index contributed by atoms with van der Waals surface area (Å²) in [7, 11) is 0. The van der Waals surface area contributed by atoms with Crippen LogP contribution < -0.4 is 5.73 Å². The first-order valence-electron chi connectivity index (χ1n) is 13.9. The Hall–Kier alpha value is -2.94. The lowest BCUT2D eigenvalue weighted by Gasteiger charge is -2.42. The van der Waals surface area contributed by atoms with Crippen LogP contribution in [0.2, 0.25) is 0 Å². The predicted octanol–water partition coefficient (Wildman–Crippen LogP) is 3.50. The van der Waals surface area contributed by atoms with E-state index in [1.54, 1.807) is 6.07 Å². The third kappa shape index (κ3) is 5.05. The van der Waals surface area contributed by atoms with E-state index >= 15 is 0 Å². The number of carbonyl (C=O) groups excluding carboxylic acids is 3. The van der Waals surface area contributed by atoms with Gasteiger partial charge in [0.25, 0.3) is 0 Å². The van der Waals surface area contributed by atoms with Crippen LogP contribution in [0, 0.1) is 5.92 Å². The molecular weight excluding hydrogens is 484 g/mol. The van der Waals surface area contributed by atoms with Crippen LogP contribution in [0.25, 0.3) is 10.4 Å². The molecule has 1 saturated carbocycles. The predicted molar refractivity (Wildman–Crippen MR) is 142 cm³/mol. The molecule has 0 radical (unpaired) electrons. The highest BCUT2D eigenvalue weighted by Crippen LogP contribution is 2.38. The van der Waals surface area contributed by atoms with Gasteiger partial charge < -0.3 is 20.3 Å². The maximum absolute atomic E-state index is 14.2. The first-order valence-corrected chi connectivity index (χ1v) is 13.9. The van der Waals surface area contributed by atoms with Gasteiger partial charge in [-0.2, -0.15) is 0 Å². The number of rotatable bonds is 8. The average molecular weight is 523 g/mol. The number of ketones is 1. The molecule has 2 amide bonds. The van der Waals surface area contributed by atoms with Crippen LogP contribution in [-0.4, -0.2) is 77.9 Å². The number of amides is 2. The smallest absolute Gasteiger partial charge is 0.249 e. The quantitative estimate of drug-likeness (QED) is 0.316. The average Bonchev–Trinajstić information content (AvgIpc) is 3.42. The number of hydrogen-bond donors (Lipinski definition) is 1. The van der Waals surface area contributed by atoms with E-state index in [4.69, 9.17) is 16.0 Å². The molecule has 0 spiro atoms. The zero-order valence-corrected chi connectivity index (χ0v) is 22.3. The molecule has 0 unspecified atom stereocenters. The standard InChI is InChI=1S/C28H38N6O4/c1-16(2)12-22(28(37)34-14-23(31-32-30)26-25(34)24(35)15-38-26)21-13-18(6-7-20(21)27(29)36)17-8-10-33(11-9-17)19-4-3-5-19/h6-7,13,16-17,19,22-23,25-26H,3-5,8-12,14-15H2,1-2H3,(H2,29,36)/t22-,23-,25+,26+/m0/s1. The molecule has 10 nitrogen and oxygen atoms in total. The first-order chi connectivity index (χ1) is 18.3. The van der Waals surface area contributed by atoms with Gasteiger partial charge in [-0.1, -0.05) is 37.5 Å². The zero-order chi connectivity index (χ0) is 27.0. The van der Waals surface area contributed by atoms with E-state index in [9.17, 15) is 14.4 Å². The SMILES string of the molecule is CC(C)C[C@H](C(=O)N1C[C@H](N=[N+]=[N-])[C@H]2OCC(=O)[C@H]21)c1cc(C2CCN(C3CCC3)CC2)ccc1C(N)=O. The molecule has 2 N–H and O–H groups in total. The number of primary amides is 1. The summed E-state index contributed by atoms with van der Waals surface area (Å²) in [5.74, 6) is -1.14. The summed E-state index contributed by atoms with van der Waals surface area (Å²) in [4.78, 5) is 46.4. The molecule has 4 atom stereocenters. The minimum absolute atomic E-state index is 0.104. The van der Waals surface area contributed by atoms with Crippen molar-refractivity contribution in [3.63, 3.8) is 0 Å². The van der Waals surface area contributed by atoms with Crippen molar-refractivity contribution in [2.24, 2.45) is 16.8 Å². The maximum Gasteiger partial charge on any atom is 0.249 e. The molecule has 5 rings (SSSR count). The third-order valence-electron chi connectivity index (χ3n) is 8.95. The number of nitrogens with zero attached hydrogens (tertiary/aromatic N) is 5. The fraction of sp³-hybridized carbons (Fsp3) is 0.679. The molecule has 4 fully saturated rings. The molecule has 38 heavy (non-hydrogen) atoms. The van der Waals surface area contributed by atoms with E-state index in [0.29, 0.717) is 23.5 Å². The van der Waals surface area contributed by atoms with E-state index in [0.717, 1.165) is 37.5 Å². The van der Waals surface area contributed by atoms with Gasteiger partial charge >= 0.3 is 0 Å². The summed E-state index contributed by atoms with van der Waals surface area (Å²) in [6, 6.07) is 5.11. The Morgan fingerprint density at radius 3 is 2.55 bits per heavy atom. The summed E-state index contributed by atoms with van der Waals surface area (Å²) in [5.41, 5.74) is 16.9. The Bertz CT molecular complexity index is 1140. The molecule has 1 aliphatic carbocycles. The summed E-state index contributed by atoms with van der Waals surface area (Å²) < 4.78 is 5.61. The number of carbonyl (C=O) groups is 3. The molecule has 1 aromatic carbocycles. The molecule has 10 heteroatoms. The highest BCUT2D eigenvalue weighted by atomic mass is 16.5. The minimum atomic E-state index is -0.774. The molecule has 4 aliphatic rings. The molecule has 204 valence electrons. The van der Waals surface area contributed by atoms with Gasteiger partial charge in [-0.15, -0.1) is 0 Å². The summed E-state index contributed by atoms with van der Waals surface area (Å²) in [6.07, 6.45) is 5.88. The fourth-order valence-corrected chi connectivity index (χ4v) is 6.76. The molecule has 3 aliphatic heterocycles. The third-order valence-corrected chi connectivity index (χ3v) is 8.95. The van der Waals surface area contributed by atoms with Crippen LogP contribution in [0.1, 0.15) is 85.7 Å². The largest absolute Gasteiger partial charge is 0.367 e. The second-order valence-electron chi connectivity index (χ2n) is 11.7. The Balaban J connectivity index is 1.45. The number of likely N-dealkylation sites (tertiary alicyclic amines) is 2. The van der Waals surface area contributed by atoms with Gasteiger partial charge in [0.05, 0.1) is 18.1 Å². The van der Waals surface area contributed by atoms with Gasteiger partial charge in [-0.25, -0.2) is 0 Å². The van der Waals surface area contributed by atoms with Gasteiger partial charge in [-0.3, -0.25) is 14.4 Å². The molecule has 0 bridgehead atoms. The Morgan fingerprint density at radius 1 is 1.21 bits per heavy atom. The lowest BCUT2D eigenvalue weighted by molar-refractivity contribution is -0.138. The molecule has 3 saturated heterocycles. The number of azide groups is 1. The van der Waals surface area contributed by atoms with Crippen molar-refractivity contribution in [2.75, 3.05) is 26.2 Å². The molecule has 3 heterocycles. The Kier molecular flexibility index (Phi) is 7.75. The van der Waals surface area contributed by atoms with Crippen molar-refractivity contribution >= 4 is 17.6 Å². The summed E-state index contributed by atoms with van der Waals surface area (Å²) >= 11 is 0. The van der Waals surface area contributed by atoms with Crippen molar-refractivity contribution in [2.45, 2.75) is 88.4 Å². The number of Topliss-reactive ketones (excluding diaryl/α,β-unsaturated/α-hetero) is 1. The maximum atomic E-state index is 14.2. The molecule has 0 aromatic heterocycles. The molecular formula is C28H38N6O4. The van der Waals surface area contributed by atoms with E-state index in [1.165, 1.54) is 24.2 Å². The number of nitrogens with two attached hydrogens (primary N) is 1. The van der Waals surface area contributed by atoms with Gasteiger partial charge in [-0.05, 0) is 79.8 Å². The Labute approximate surface area is 223 Å². The van der Waals surface area contributed by atoms with Crippen LogP contribution in [-0.2, 0) is 14.3 Å². The minimum Gasteiger partial charge on any atom is -0.367 e. The van der Waals surface area contributed by atoms with Crippen molar-refractivity contribution in [1.29, 1.82) is 0 Å². The molecule has 1 aromatic rings. The number of benzene rings is 1. The highest BCUT2D eigenvalue weighted by Gasteiger charge is 2.53. The van der Waals surface area contributed by atoms with Gasteiger partial charge in [0.1, 0.15) is 12.6 Å². The second kappa shape index (κ2) is 11.0. The number of piperidine rings is 1. The summed E-state index contributed by atoms with van der Waals surface area (Å²) in [6.45, 7) is 6.21. The topological polar surface area (TPSA) is 142 Å². The van der Waals surface area contributed by atoms with Crippen molar-refractivity contribution in [3.05, 3.63) is 45.3 Å². The normalized spacial score (nSPS) is 27.2. The van der Waals surface area contributed by atoms with Gasteiger partial charge in [0, 0.05) is 23.1 Å². The number of ether oxygens (including phenoxy) is 1. The van der Waals surface area contributed by atoms with Crippen LogP contribution in [0.5, 0.6) is 0 Å². The van der Waals surface area contributed by atoms with Crippen molar-refractivity contribution in [3.8, 4) is 0 Å². The second-order valence-corrected chi connectivity index (χ2v) is 11.7. The van der Waals surface area contributed by atoms with Crippen LogP contribution >= 0.6 is 0 Å². The van der Waals surface area contributed by atoms with Crippen LogP contribution in [0.15, 0.2) is 23.3 Å². The number of fused-ring (bicyclic) bond motifs is 1. The monoisotopic (exact) mass is 522 g/mol. The van der Waals surface area contributed by atoms with E-state index < -0.39 is 30.0 Å². The van der Waals surface area contributed by atoms with Crippen LogP contribution in [0.4, 0.5) is 0 Å². The lowest BCUT2D eigenvalue weighted by Crippen LogP contribution is -2.45. The van der Waals surface area contributed by atoms with E-state index in [1.807, 2.05) is 26.0 Å². The van der Waals surface area contributed by atoms with E-state index in [-0.39, 0.29) is 30.8 Å². The highest BCUT2D eigenvalue weighted by molar-refractivity contribution is 5.99. The van der Waals surface area contributed by atoms with Crippen molar-refractivity contribution in [1.82, 2.24) is 9.80 Å². The van der Waals surface area contributed by atoms with Crippen LogP contribution in [0.3, 0.4) is 0 Å². The first kappa shape index (κ1) is 26.7. The van der Waals surface area contributed by atoms with E-state index in [2.05, 4.69) is 14.9 Å². The zero-order valence-electron chi connectivity index (χ0n) is 22.3. The number of hydrogen-bond acceptors (Lipinski definition) is 6. The van der Waals surface area contributed by atoms with Gasteiger partial charge in [0.2, 0.25) is 11.8 Å².